The third-order valence-electron chi connectivity index (χ3n) is 2.22. The van der Waals surface area contributed by atoms with Crippen LogP contribution in [0.3, 0.4) is 0 Å². The maximum atomic E-state index is 5.85. The Kier molecular flexibility index (Phi) is 2.87. The summed E-state index contributed by atoms with van der Waals surface area (Å²) in [6.07, 6.45) is 1.54. The number of nitrogens with one attached hydrogen (secondary N) is 1. The Hall–Kier alpha value is -1.88. The van der Waals surface area contributed by atoms with Gasteiger partial charge in [0.05, 0.1) is 24.7 Å². The summed E-state index contributed by atoms with van der Waals surface area (Å²) in [7, 11) is 1.62. The minimum absolute atomic E-state index is 0.398. The van der Waals surface area contributed by atoms with Crippen molar-refractivity contribution in [3.63, 3.8) is 0 Å². The lowest BCUT2D eigenvalue weighted by molar-refractivity contribution is 0.416. The Morgan fingerprint density at radius 3 is 2.88 bits per heavy atom. The van der Waals surface area contributed by atoms with Gasteiger partial charge in [0.15, 0.2) is 4.77 Å². The van der Waals surface area contributed by atoms with Gasteiger partial charge in [0.25, 0.3) is 0 Å². The molecule has 16 heavy (non-hydrogen) atoms. The number of benzene rings is 1. The lowest BCUT2D eigenvalue weighted by Gasteiger charge is -2.09. The average Bonchev–Trinajstić information content (AvgIpc) is 2.32. The van der Waals surface area contributed by atoms with Crippen LogP contribution in [0.1, 0.15) is 0 Å². The fourth-order valence-corrected chi connectivity index (χ4v) is 1.63. The first kappa shape index (κ1) is 10.6. The standard InChI is InChI=1S/C11H11N3OS/c1-15-9-5-3-2-4-7(9)10-8(12)6-13-11(16)14-10/h2-6H,12H2,1H3,(H,13,14,16). The highest BCUT2D eigenvalue weighted by Crippen LogP contribution is 2.30. The number of hydrogen-bond acceptors (Lipinski definition) is 4. The number of aromatic amines is 1. The quantitative estimate of drug-likeness (QED) is 0.782. The Morgan fingerprint density at radius 1 is 1.38 bits per heavy atom. The fourth-order valence-electron chi connectivity index (χ4n) is 1.48. The van der Waals surface area contributed by atoms with Gasteiger partial charge < -0.3 is 15.5 Å². The molecule has 1 heterocycles. The number of ether oxygens (including phenoxy) is 1. The van der Waals surface area contributed by atoms with Gasteiger partial charge in [0.1, 0.15) is 5.75 Å². The zero-order valence-electron chi connectivity index (χ0n) is 8.73. The molecule has 0 radical (unpaired) electrons. The van der Waals surface area contributed by atoms with Crippen LogP contribution in [0.2, 0.25) is 0 Å². The molecule has 82 valence electrons. The third-order valence-corrected chi connectivity index (χ3v) is 2.43. The maximum Gasteiger partial charge on any atom is 0.197 e. The predicted molar refractivity (Wildman–Crippen MR) is 65.8 cm³/mol. The molecule has 0 atom stereocenters. The summed E-state index contributed by atoms with van der Waals surface area (Å²) in [6.45, 7) is 0. The van der Waals surface area contributed by atoms with Crippen LogP contribution in [-0.4, -0.2) is 17.1 Å². The number of aromatic nitrogens is 2. The molecular formula is C11H11N3OS. The monoisotopic (exact) mass is 233 g/mol. The van der Waals surface area contributed by atoms with Crippen LogP contribution < -0.4 is 10.5 Å². The summed E-state index contributed by atoms with van der Waals surface area (Å²) < 4.78 is 5.66. The Morgan fingerprint density at radius 2 is 2.12 bits per heavy atom. The van der Waals surface area contributed by atoms with Crippen molar-refractivity contribution in [3.05, 3.63) is 35.2 Å². The Bertz CT molecular complexity index is 565. The van der Waals surface area contributed by atoms with E-state index in [1.807, 2.05) is 24.3 Å². The van der Waals surface area contributed by atoms with Crippen LogP contribution in [-0.2, 0) is 0 Å². The molecule has 0 aliphatic rings. The van der Waals surface area contributed by atoms with Gasteiger partial charge in [-0.05, 0) is 24.4 Å². The molecule has 0 aliphatic carbocycles. The van der Waals surface area contributed by atoms with E-state index < -0.39 is 0 Å². The topological polar surface area (TPSA) is 63.9 Å². The average molecular weight is 233 g/mol. The highest BCUT2D eigenvalue weighted by atomic mass is 32.1. The number of rotatable bonds is 2. The molecule has 0 saturated heterocycles. The first-order valence-corrected chi connectivity index (χ1v) is 5.11. The molecule has 2 aromatic rings. The number of para-hydroxylation sites is 1. The number of hydrogen-bond donors (Lipinski definition) is 2. The molecule has 0 aliphatic heterocycles. The van der Waals surface area contributed by atoms with Crippen molar-refractivity contribution >= 4 is 17.9 Å². The fraction of sp³-hybridized carbons (Fsp3) is 0.0909. The van der Waals surface area contributed by atoms with Crippen molar-refractivity contribution in [2.24, 2.45) is 0 Å². The maximum absolute atomic E-state index is 5.85. The molecule has 3 N–H and O–H groups in total. The molecule has 4 nitrogen and oxygen atoms in total. The predicted octanol–water partition coefficient (Wildman–Crippen LogP) is 2.40. The summed E-state index contributed by atoms with van der Waals surface area (Å²) in [5, 5.41) is 0. The van der Waals surface area contributed by atoms with E-state index in [9.17, 15) is 0 Å². The number of methoxy groups -OCH3 is 1. The number of anilines is 1. The van der Waals surface area contributed by atoms with Crippen LogP contribution in [0.4, 0.5) is 5.69 Å². The van der Waals surface area contributed by atoms with Crippen molar-refractivity contribution in [2.45, 2.75) is 0 Å². The molecule has 1 aromatic carbocycles. The van der Waals surface area contributed by atoms with Gasteiger partial charge in [0, 0.05) is 5.56 Å². The van der Waals surface area contributed by atoms with Gasteiger partial charge in [0.2, 0.25) is 0 Å². The van der Waals surface area contributed by atoms with Crippen LogP contribution >= 0.6 is 12.2 Å². The first-order valence-electron chi connectivity index (χ1n) is 4.70. The molecule has 0 fully saturated rings. The third kappa shape index (κ3) is 1.90. The first-order chi connectivity index (χ1) is 7.72. The molecule has 0 unspecified atom stereocenters. The molecule has 0 saturated carbocycles. The lowest BCUT2D eigenvalue weighted by Crippen LogP contribution is -1.97. The van der Waals surface area contributed by atoms with Crippen molar-refractivity contribution < 1.29 is 4.74 Å². The van der Waals surface area contributed by atoms with Crippen molar-refractivity contribution in [1.82, 2.24) is 9.97 Å². The molecular weight excluding hydrogens is 222 g/mol. The summed E-state index contributed by atoms with van der Waals surface area (Å²) in [5.41, 5.74) is 7.99. The molecule has 0 amide bonds. The van der Waals surface area contributed by atoms with E-state index in [4.69, 9.17) is 22.7 Å². The number of nitrogens with two attached hydrogens (primary N) is 1. The molecule has 1 aromatic heterocycles. The van der Waals surface area contributed by atoms with Crippen molar-refractivity contribution in [3.8, 4) is 17.0 Å². The normalized spacial score (nSPS) is 10.1. The second-order valence-electron chi connectivity index (χ2n) is 3.22. The second-order valence-corrected chi connectivity index (χ2v) is 3.61. The van der Waals surface area contributed by atoms with Gasteiger partial charge in [-0.2, -0.15) is 0 Å². The SMILES string of the molecule is COc1ccccc1-c1[nH]c(=S)ncc1N. The van der Waals surface area contributed by atoms with Gasteiger partial charge >= 0.3 is 0 Å². The zero-order chi connectivity index (χ0) is 11.5. The summed E-state index contributed by atoms with van der Waals surface area (Å²) in [6, 6.07) is 7.59. The zero-order valence-corrected chi connectivity index (χ0v) is 9.54. The van der Waals surface area contributed by atoms with Crippen LogP contribution in [0, 0.1) is 4.77 Å². The second kappa shape index (κ2) is 4.32. The molecule has 2 rings (SSSR count). The summed E-state index contributed by atoms with van der Waals surface area (Å²) in [5.74, 6) is 0.742. The van der Waals surface area contributed by atoms with E-state index in [2.05, 4.69) is 9.97 Å². The smallest absolute Gasteiger partial charge is 0.197 e. The minimum Gasteiger partial charge on any atom is -0.496 e. The molecule has 5 heteroatoms. The van der Waals surface area contributed by atoms with Gasteiger partial charge in [-0.1, -0.05) is 12.1 Å². The van der Waals surface area contributed by atoms with E-state index in [1.165, 1.54) is 0 Å². The number of H-pyrrole nitrogens is 1. The number of nitrogen functional groups attached to an aromatic ring is 1. The van der Waals surface area contributed by atoms with Gasteiger partial charge in [-0.15, -0.1) is 0 Å². The minimum atomic E-state index is 0.398. The van der Waals surface area contributed by atoms with Crippen LogP contribution in [0.5, 0.6) is 5.75 Å². The van der Waals surface area contributed by atoms with Crippen LogP contribution in [0.25, 0.3) is 11.3 Å². The van der Waals surface area contributed by atoms with E-state index in [0.717, 1.165) is 17.0 Å². The van der Waals surface area contributed by atoms with Gasteiger partial charge in [-0.25, -0.2) is 4.98 Å². The summed E-state index contributed by atoms with van der Waals surface area (Å²) in [4.78, 5) is 6.88. The Balaban J connectivity index is 2.67. The van der Waals surface area contributed by atoms with Crippen LogP contribution in [0.15, 0.2) is 30.5 Å². The van der Waals surface area contributed by atoms with E-state index in [1.54, 1.807) is 13.3 Å². The highest BCUT2D eigenvalue weighted by Gasteiger charge is 2.08. The summed E-state index contributed by atoms with van der Waals surface area (Å²) >= 11 is 4.98. The lowest BCUT2D eigenvalue weighted by atomic mass is 10.1. The van der Waals surface area contributed by atoms with Crippen molar-refractivity contribution in [2.75, 3.05) is 12.8 Å². The Labute approximate surface area is 98.1 Å². The van der Waals surface area contributed by atoms with E-state index in [-0.39, 0.29) is 0 Å². The van der Waals surface area contributed by atoms with E-state index in [0.29, 0.717) is 10.5 Å². The van der Waals surface area contributed by atoms with E-state index >= 15 is 0 Å². The molecule has 0 bridgehead atoms. The van der Waals surface area contributed by atoms with Crippen molar-refractivity contribution in [1.29, 1.82) is 0 Å². The highest BCUT2D eigenvalue weighted by molar-refractivity contribution is 7.71. The molecule has 0 spiro atoms. The van der Waals surface area contributed by atoms with Gasteiger partial charge in [-0.3, -0.25) is 0 Å². The largest absolute Gasteiger partial charge is 0.496 e. The number of nitrogens with zero attached hydrogens (tertiary/aromatic N) is 1.